The van der Waals surface area contributed by atoms with Gasteiger partial charge < -0.3 is 14.6 Å². The number of rotatable bonds is 5. The predicted molar refractivity (Wildman–Crippen MR) is 67.1 cm³/mol. The van der Waals surface area contributed by atoms with E-state index in [0.29, 0.717) is 19.6 Å². The molecule has 0 unspecified atom stereocenters. The smallest absolute Gasteiger partial charge is 0.303 e. The Kier molecular flexibility index (Phi) is 3.57. The molecule has 0 bridgehead atoms. The highest BCUT2D eigenvalue weighted by atomic mass is 16.5. The summed E-state index contributed by atoms with van der Waals surface area (Å²) < 4.78 is 10.7. The molecule has 4 nitrogen and oxygen atoms in total. The Labute approximate surface area is 107 Å². The standard InChI is InChI=1S/C14H18O4/c1-10-3-4-12(17-2)11(7-10)14(8-18-9-14)6-5-13(15)16/h3-4,7H,5-6,8-9H2,1-2H3,(H,15,16). The lowest BCUT2D eigenvalue weighted by Gasteiger charge is -2.42. The number of methoxy groups -OCH3 is 1. The first kappa shape index (κ1) is 12.9. The topological polar surface area (TPSA) is 55.8 Å². The molecule has 18 heavy (non-hydrogen) atoms. The van der Waals surface area contributed by atoms with E-state index in [1.807, 2.05) is 19.1 Å². The summed E-state index contributed by atoms with van der Waals surface area (Å²) in [4.78, 5) is 10.8. The van der Waals surface area contributed by atoms with E-state index in [9.17, 15) is 4.79 Å². The lowest BCUT2D eigenvalue weighted by Crippen LogP contribution is -2.47. The maximum absolute atomic E-state index is 10.8. The highest BCUT2D eigenvalue weighted by Gasteiger charge is 2.42. The van der Waals surface area contributed by atoms with Gasteiger partial charge in [0.05, 0.1) is 20.3 Å². The fraction of sp³-hybridized carbons (Fsp3) is 0.500. The SMILES string of the molecule is COc1ccc(C)cc1C1(CCC(=O)O)COC1. The van der Waals surface area contributed by atoms with Crippen LogP contribution in [-0.4, -0.2) is 31.4 Å². The molecule has 0 spiro atoms. The Morgan fingerprint density at radius 3 is 2.72 bits per heavy atom. The number of aryl methyl sites for hydroxylation is 1. The van der Waals surface area contributed by atoms with Crippen molar-refractivity contribution in [3.63, 3.8) is 0 Å². The molecule has 1 saturated heterocycles. The van der Waals surface area contributed by atoms with Crippen molar-refractivity contribution in [1.82, 2.24) is 0 Å². The van der Waals surface area contributed by atoms with E-state index in [0.717, 1.165) is 16.9 Å². The molecule has 0 radical (unpaired) electrons. The van der Waals surface area contributed by atoms with Crippen LogP contribution in [0.3, 0.4) is 0 Å². The van der Waals surface area contributed by atoms with Crippen LogP contribution >= 0.6 is 0 Å². The van der Waals surface area contributed by atoms with Gasteiger partial charge in [-0.1, -0.05) is 17.7 Å². The van der Waals surface area contributed by atoms with Crippen LogP contribution in [0.25, 0.3) is 0 Å². The molecule has 0 saturated carbocycles. The third kappa shape index (κ3) is 2.34. The summed E-state index contributed by atoms with van der Waals surface area (Å²) in [5.41, 5.74) is 2.01. The van der Waals surface area contributed by atoms with Gasteiger partial charge in [0.15, 0.2) is 0 Å². The molecule has 0 aliphatic carbocycles. The molecule has 0 amide bonds. The number of hydrogen-bond donors (Lipinski definition) is 1. The van der Waals surface area contributed by atoms with Gasteiger partial charge in [-0.2, -0.15) is 0 Å². The van der Waals surface area contributed by atoms with E-state index < -0.39 is 5.97 Å². The van der Waals surface area contributed by atoms with Crippen molar-refractivity contribution in [1.29, 1.82) is 0 Å². The monoisotopic (exact) mass is 250 g/mol. The number of benzene rings is 1. The van der Waals surface area contributed by atoms with Gasteiger partial charge in [-0.3, -0.25) is 4.79 Å². The van der Waals surface area contributed by atoms with E-state index in [-0.39, 0.29) is 11.8 Å². The molecule has 0 aromatic heterocycles. The van der Waals surface area contributed by atoms with Crippen molar-refractivity contribution in [2.45, 2.75) is 25.2 Å². The lowest BCUT2D eigenvalue weighted by atomic mass is 9.74. The van der Waals surface area contributed by atoms with E-state index in [2.05, 4.69) is 6.07 Å². The number of carbonyl (C=O) groups is 1. The molecule has 98 valence electrons. The van der Waals surface area contributed by atoms with E-state index in [1.165, 1.54) is 0 Å². The van der Waals surface area contributed by atoms with Crippen molar-refractivity contribution in [3.8, 4) is 5.75 Å². The maximum Gasteiger partial charge on any atom is 0.303 e. The van der Waals surface area contributed by atoms with Crippen LogP contribution in [0.15, 0.2) is 18.2 Å². The molecule has 1 fully saturated rings. The second-order valence-corrected chi connectivity index (χ2v) is 4.87. The Morgan fingerprint density at radius 1 is 1.50 bits per heavy atom. The fourth-order valence-electron chi connectivity index (χ4n) is 2.37. The van der Waals surface area contributed by atoms with Crippen molar-refractivity contribution in [2.24, 2.45) is 0 Å². The first-order valence-corrected chi connectivity index (χ1v) is 6.02. The number of aliphatic carboxylic acids is 1. The van der Waals surface area contributed by atoms with Gasteiger partial charge in [0.1, 0.15) is 5.75 Å². The number of ether oxygens (including phenoxy) is 2. The normalized spacial score (nSPS) is 17.0. The first-order valence-electron chi connectivity index (χ1n) is 6.02. The van der Waals surface area contributed by atoms with Gasteiger partial charge in [-0.05, 0) is 19.4 Å². The van der Waals surface area contributed by atoms with Crippen LogP contribution < -0.4 is 4.74 Å². The van der Waals surface area contributed by atoms with Gasteiger partial charge in [-0.25, -0.2) is 0 Å². The van der Waals surface area contributed by atoms with Crippen LogP contribution in [0.4, 0.5) is 0 Å². The van der Waals surface area contributed by atoms with Crippen molar-refractivity contribution in [2.75, 3.05) is 20.3 Å². The fourth-order valence-corrected chi connectivity index (χ4v) is 2.37. The van der Waals surface area contributed by atoms with Crippen LogP contribution in [0.2, 0.25) is 0 Å². The van der Waals surface area contributed by atoms with Crippen molar-refractivity contribution < 1.29 is 19.4 Å². The highest BCUT2D eigenvalue weighted by molar-refractivity contribution is 5.67. The summed E-state index contributed by atoms with van der Waals surface area (Å²) in [6.45, 7) is 3.16. The number of hydrogen-bond acceptors (Lipinski definition) is 3. The minimum Gasteiger partial charge on any atom is -0.496 e. The average Bonchev–Trinajstić information content (AvgIpc) is 2.27. The zero-order chi connectivity index (χ0) is 13.2. The number of carboxylic acid groups (broad SMARTS) is 1. The summed E-state index contributed by atoms with van der Waals surface area (Å²) >= 11 is 0. The molecule has 2 rings (SSSR count). The maximum atomic E-state index is 10.8. The summed E-state index contributed by atoms with van der Waals surface area (Å²) in [5.74, 6) is 0.0437. The zero-order valence-corrected chi connectivity index (χ0v) is 10.7. The first-order chi connectivity index (χ1) is 8.57. The summed E-state index contributed by atoms with van der Waals surface area (Å²) in [6.07, 6.45) is 0.739. The van der Waals surface area contributed by atoms with E-state index in [1.54, 1.807) is 7.11 Å². The Bertz CT molecular complexity index is 449. The molecule has 1 aliphatic heterocycles. The second-order valence-electron chi connectivity index (χ2n) is 4.87. The Morgan fingerprint density at radius 2 is 2.22 bits per heavy atom. The third-order valence-corrected chi connectivity index (χ3v) is 3.50. The Balaban J connectivity index is 2.31. The van der Waals surface area contributed by atoms with Crippen LogP contribution in [0.5, 0.6) is 5.75 Å². The molecule has 1 aromatic rings. The molecular formula is C14H18O4. The second kappa shape index (κ2) is 4.98. The van der Waals surface area contributed by atoms with Gasteiger partial charge in [-0.15, -0.1) is 0 Å². The van der Waals surface area contributed by atoms with E-state index >= 15 is 0 Å². The largest absolute Gasteiger partial charge is 0.496 e. The average molecular weight is 250 g/mol. The van der Waals surface area contributed by atoms with Crippen molar-refractivity contribution >= 4 is 5.97 Å². The molecule has 1 aromatic carbocycles. The summed E-state index contributed by atoms with van der Waals surface area (Å²) in [7, 11) is 1.64. The lowest BCUT2D eigenvalue weighted by molar-refractivity contribution is -0.139. The summed E-state index contributed by atoms with van der Waals surface area (Å²) in [5, 5.41) is 8.85. The van der Waals surface area contributed by atoms with Gasteiger partial charge in [0.2, 0.25) is 0 Å². The van der Waals surface area contributed by atoms with Gasteiger partial charge in [0, 0.05) is 17.4 Å². The molecule has 4 heteroatoms. The predicted octanol–water partition coefficient (Wildman–Crippen LogP) is 2.14. The zero-order valence-electron chi connectivity index (χ0n) is 10.7. The van der Waals surface area contributed by atoms with E-state index in [4.69, 9.17) is 14.6 Å². The number of carboxylic acids is 1. The summed E-state index contributed by atoms with van der Waals surface area (Å²) in [6, 6.07) is 6.00. The third-order valence-electron chi connectivity index (χ3n) is 3.50. The minimum atomic E-state index is -0.770. The Hall–Kier alpha value is -1.55. The molecule has 0 atom stereocenters. The van der Waals surface area contributed by atoms with Gasteiger partial charge >= 0.3 is 5.97 Å². The van der Waals surface area contributed by atoms with Crippen molar-refractivity contribution in [3.05, 3.63) is 29.3 Å². The van der Waals surface area contributed by atoms with Crippen LogP contribution in [0.1, 0.15) is 24.0 Å². The van der Waals surface area contributed by atoms with Gasteiger partial charge in [0.25, 0.3) is 0 Å². The molecule has 1 heterocycles. The van der Waals surface area contributed by atoms with Crippen LogP contribution in [-0.2, 0) is 14.9 Å². The molecular weight excluding hydrogens is 232 g/mol. The molecule has 1 N–H and O–H groups in total. The highest BCUT2D eigenvalue weighted by Crippen LogP contribution is 2.41. The minimum absolute atomic E-state index is 0.153. The van der Waals surface area contributed by atoms with Crippen LogP contribution in [0, 0.1) is 6.92 Å². The molecule has 1 aliphatic rings. The quantitative estimate of drug-likeness (QED) is 0.869.